The Labute approximate surface area is 114 Å². The van der Waals surface area contributed by atoms with Gasteiger partial charge in [0.25, 0.3) is 0 Å². The van der Waals surface area contributed by atoms with Crippen molar-refractivity contribution in [3.8, 4) is 0 Å². The predicted molar refractivity (Wildman–Crippen MR) is 71.2 cm³/mol. The van der Waals surface area contributed by atoms with Gasteiger partial charge in [0.15, 0.2) is 17.4 Å². The fourth-order valence-electron chi connectivity index (χ4n) is 1.52. The molecule has 1 nitrogen and oxygen atoms in total. The van der Waals surface area contributed by atoms with Crippen molar-refractivity contribution in [1.82, 2.24) is 0 Å². The fourth-order valence-corrected chi connectivity index (χ4v) is 1.72. The highest BCUT2D eigenvalue weighted by Crippen LogP contribution is 2.17. The summed E-state index contributed by atoms with van der Waals surface area (Å²) < 4.78 is 25.7. The second-order valence-electron chi connectivity index (χ2n) is 3.85. The minimum Gasteiger partial charge on any atom is -0.289 e. The van der Waals surface area contributed by atoms with E-state index in [-0.39, 0.29) is 5.56 Å². The zero-order valence-electron chi connectivity index (χ0n) is 9.74. The molecule has 0 radical (unpaired) electrons. The average Bonchev–Trinajstić information content (AvgIpc) is 2.40. The Hall–Kier alpha value is -2.00. The van der Waals surface area contributed by atoms with Gasteiger partial charge in [-0.3, -0.25) is 4.79 Å². The van der Waals surface area contributed by atoms with Crippen LogP contribution in [0.15, 0.2) is 48.5 Å². The summed E-state index contributed by atoms with van der Waals surface area (Å²) in [5.74, 6) is -2.44. The Kier molecular flexibility index (Phi) is 4.07. The molecule has 2 rings (SSSR count). The van der Waals surface area contributed by atoms with Crippen LogP contribution in [0.1, 0.15) is 15.9 Å². The van der Waals surface area contributed by atoms with E-state index in [9.17, 15) is 13.6 Å². The summed E-state index contributed by atoms with van der Waals surface area (Å²) in [7, 11) is 0. The van der Waals surface area contributed by atoms with E-state index in [0.29, 0.717) is 10.6 Å². The summed E-state index contributed by atoms with van der Waals surface area (Å²) >= 11 is 5.93. The SMILES string of the molecule is O=C(/C=C/c1ccccc1Cl)c1ccc(F)c(F)c1. The number of carbonyl (C=O) groups is 1. The van der Waals surface area contributed by atoms with Crippen LogP contribution in [0, 0.1) is 11.6 Å². The van der Waals surface area contributed by atoms with Crippen LogP contribution in [-0.4, -0.2) is 5.78 Å². The molecule has 0 spiro atoms. The number of benzene rings is 2. The van der Waals surface area contributed by atoms with Crippen molar-refractivity contribution < 1.29 is 13.6 Å². The predicted octanol–water partition coefficient (Wildman–Crippen LogP) is 4.51. The fraction of sp³-hybridized carbons (Fsp3) is 0. The molecule has 4 heteroatoms. The van der Waals surface area contributed by atoms with Crippen molar-refractivity contribution in [1.29, 1.82) is 0 Å². The van der Waals surface area contributed by atoms with E-state index in [1.165, 1.54) is 18.2 Å². The van der Waals surface area contributed by atoms with Crippen LogP contribution in [0.4, 0.5) is 8.78 Å². The quantitative estimate of drug-likeness (QED) is 0.596. The van der Waals surface area contributed by atoms with Gasteiger partial charge in [0.05, 0.1) is 0 Å². The van der Waals surface area contributed by atoms with Gasteiger partial charge in [0, 0.05) is 10.6 Å². The third kappa shape index (κ3) is 3.26. The monoisotopic (exact) mass is 278 g/mol. The van der Waals surface area contributed by atoms with Crippen molar-refractivity contribution in [2.75, 3.05) is 0 Å². The number of halogens is 3. The molecule has 0 aliphatic carbocycles. The first kappa shape index (κ1) is 13.4. The van der Waals surface area contributed by atoms with Gasteiger partial charge in [-0.05, 0) is 42.0 Å². The van der Waals surface area contributed by atoms with Crippen LogP contribution >= 0.6 is 11.6 Å². The van der Waals surface area contributed by atoms with Gasteiger partial charge < -0.3 is 0 Å². The third-order valence-corrected chi connectivity index (χ3v) is 2.87. The molecule has 0 amide bonds. The molecule has 96 valence electrons. The zero-order chi connectivity index (χ0) is 13.8. The molecule has 0 heterocycles. The molecule has 0 unspecified atom stereocenters. The molecule has 0 saturated heterocycles. The van der Waals surface area contributed by atoms with Gasteiger partial charge in [0.2, 0.25) is 0 Å². The van der Waals surface area contributed by atoms with Crippen molar-refractivity contribution in [2.45, 2.75) is 0 Å². The number of allylic oxidation sites excluding steroid dienone is 1. The second kappa shape index (κ2) is 5.76. The largest absolute Gasteiger partial charge is 0.289 e. The molecule has 2 aromatic carbocycles. The molecule has 0 fully saturated rings. The maximum Gasteiger partial charge on any atom is 0.185 e. The smallest absolute Gasteiger partial charge is 0.185 e. The third-order valence-electron chi connectivity index (χ3n) is 2.52. The maximum absolute atomic E-state index is 13.0. The van der Waals surface area contributed by atoms with Crippen molar-refractivity contribution >= 4 is 23.5 Å². The zero-order valence-corrected chi connectivity index (χ0v) is 10.5. The first-order valence-corrected chi connectivity index (χ1v) is 5.88. The molecule has 0 aliphatic heterocycles. The molecule has 0 bridgehead atoms. The molecule has 0 N–H and O–H groups in total. The highest BCUT2D eigenvalue weighted by atomic mass is 35.5. The molecule has 0 aliphatic rings. The van der Waals surface area contributed by atoms with Gasteiger partial charge in [-0.25, -0.2) is 8.78 Å². The molecular formula is C15H9ClF2O. The highest BCUT2D eigenvalue weighted by molar-refractivity contribution is 6.32. The van der Waals surface area contributed by atoms with Crippen molar-refractivity contribution in [3.05, 3.63) is 76.3 Å². The lowest BCUT2D eigenvalue weighted by atomic mass is 10.1. The highest BCUT2D eigenvalue weighted by Gasteiger charge is 2.07. The van der Waals surface area contributed by atoms with Gasteiger partial charge in [-0.1, -0.05) is 29.8 Å². The standard InChI is InChI=1S/C15H9ClF2O/c16-12-4-2-1-3-10(12)6-8-15(19)11-5-7-13(17)14(18)9-11/h1-9H/b8-6+. The lowest BCUT2D eigenvalue weighted by molar-refractivity contribution is 0.104. The lowest BCUT2D eigenvalue weighted by Gasteiger charge is -1.98. The van der Waals surface area contributed by atoms with E-state index < -0.39 is 17.4 Å². The maximum atomic E-state index is 13.0. The number of carbonyl (C=O) groups excluding carboxylic acids is 1. The van der Waals surface area contributed by atoms with E-state index in [4.69, 9.17) is 11.6 Å². The Morgan fingerprint density at radius 2 is 1.79 bits per heavy atom. The number of ketones is 1. The Morgan fingerprint density at radius 1 is 1.05 bits per heavy atom. The van der Waals surface area contributed by atoms with Gasteiger partial charge >= 0.3 is 0 Å². The van der Waals surface area contributed by atoms with Crippen LogP contribution < -0.4 is 0 Å². The number of rotatable bonds is 3. The summed E-state index contributed by atoms with van der Waals surface area (Å²) in [6.07, 6.45) is 2.81. The average molecular weight is 279 g/mol. The van der Waals surface area contributed by atoms with E-state index >= 15 is 0 Å². The first-order valence-electron chi connectivity index (χ1n) is 5.50. The van der Waals surface area contributed by atoms with Crippen LogP contribution in [0.25, 0.3) is 6.08 Å². The molecule has 0 aromatic heterocycles. The number of hydrogen-bond acceptors (Lipinski definition) is 1. The van der Waals surface area contributed by atoms with Gasteiger partial charge in [-0.15, -0.1) is 0 Å². The minimum absolute atomic E-state index is 0.0854. The van der Waals surface area contributed by atoms with Crippen LogP contribution in [-0.2, 0) is 0 Å². The van der Waals surface area contributed by atoms with Crippen LogP contribution in [0.3, 0.4) is 0 Å². The lowest BCUT2D eigenvalue weighted by Crippen LogP contribution is -1.96. The summed E-state index contributed by atoms with van der Waals surface area (Å²) in [6.45, 7) is 0. The van der Waals surface area contributed by atoms with E-state index in [2.05, 4.69) is 0 Å². The second-order valence-corrected chi connectivity index (χ2v) is 4.26. The topological polar surface area (TPSA) is 17.1 Å². The molecule has 0 saturated carbocycles. The number of hydrogen-bond donors (Lipinski definition) is 0. The molecule has 2 aromatic rings. The Balaban J connectivity index is 2.21. The van der Waals surface area contributed by atoms with Crippen LogP contribution in [0.2, 0.25) is 5.02 Å². The normalized spacial score (nSPS) is 10.9. The minimum atomic E-state index is -1.04. The summed E-state index contributed by atoms with van der Waals surface area (Å²) in [6, 6.07) is 10.0. The molecule has 19 heavy (non-hydrogen) atoms. The molecular weight excluding hydrogens is 270 g/mol. The Bertz CT molecular complexity index is 650. The van der Waals surface area contributed by atoms with Crippen molar-refractivity contribution in [2.24, 2.45) is 0 Å². The summed E-state index contributed by atoms with van der Waals surface area (Å²) in [5.41, 5.74) is 0.766. The van der Waals surface area contributed by atoms with E-state index in [1.54, 1.807) is 24.3 Å². The van der Waals surface area contributed by atoms with Gasteiger partial charge in [0.1, 0.15) is 0 Å². The van der Waals surface area contributed by atoms with E-state index in [0.717, 1.165) is 12.1 Å². The van der Waals surface area contributed by atoms with Crippen LogP contribution in [0.5, 0.6) is 0 Å². The first-order chi connectivity index (χ1) is 9.08. The summed E-state index contributed by atoms with van der Waals surface area (Å²) in [5, 5.41) is 0.511. The van der Waals surface area contributed by atoms with Gasteiger partial charge in [-0.2, -0.15) is 0 Å². The summed E-state index contributed by atoms with van der Waals surface area (Å²) in [4.78, 5) is 11.8. The Morgan fingerprint density at radius 3 is 2.47 bits per heavy atom. The van der Waals surface area contributed by atoms with E-state index in [1.807, 2.05) is 0 Å². The van der Waals surface area contributed by atoms with Crippen molar-refractivity contribution in [3.63, 3.8) is 0 Å². The molecule has 0 atom stereocenters.